The Labute approximate surface area is 122 Å². The Hall–Kier alpha value is -1.72. The zero-order valence-electron chi connectivity index (χ0n) is 11.9. The van der Waals surface area contributed by atoms with Crippen molar-refractivity contribution in [1.82, 2.24) is 14.6 Å². The van der Waals surface area contributed by atoms with Gasteiger partial charge in [-0.15, -0.1) is 21.5 Å². The molecule has 2 heterocycles. The fourth-order valence-corrected chi connectivity index (χ4v) is 3.32. The molecule has 0 bridgehead atoms. The van der Waals surface area contributed by atoms with Crippen LogP contribution in [0.1, 0.15) is 32.0 Å². The Bertz CT molecular complexity index is 749. The molecule has 0 aliphatic rings. The van der Waals surface area contributed by atoms with Crippen molar-refractivity contribution < 1.29 is 0 Å². The molecule has 20 heavy (non-hydrogen) atoms. The van der Waals surface area contributed by atoms with E-state index in [2.05, 4.69) is 52.9 Å². The summed E-state index contributed by atoms with van der Waals surface area (Å²) in [5.41, 5.74) is 9.17. The van der Waals surface area contributed by atoms with Gasteiger partial charge in [-0.25, -0.2) is 0 Å². The van der Waals surface area contributed by atoms with Crippen molar-refractivity contribution >= 4 is 16.3 Å². The first-order chi connectivity index (χ1) is 9.50. The normalized spacial score (nSPS) is 12.2. The molecule has 0 saturated carbocycles. The Morgan fingerprint density at radius 1 is 1.25 bits per heavy atom. The van der Waals surface area contributed by atoms with Gasteiger partial charge >= 0.3 is 0 Å². The fourth-order valence-electron chi connectivity index (χ4n) is 2.26. The van der Waals surface area contributed by atoms with Crippen molar-refractivity contribution in [1.29, 1.82) is 0 Å². The SMILES string of the molecule is CC(C)(C)c1csc2nnc(-c3cccc(CN)c3)n12. The van der Waals surface area contributed by atoms with Crippen LogP contribution in [-0.2, 0) is 12.0 Å². The number of nitrogens with two attached hydrogens (primary N) is 1. The minimum absolute atomic E-state index is 0.0564. The van der Waals surface area contributed by atoms with E-state index in [0.717, 1.165) is 21.9 Å². The third kappa shape index (κ3) is 2.13. The third-order valence-corrected chi connectivity index (χ3v) is 4.16. The van der Waals surface area contributed by atoms with E-state index in [1.807, 2.05) is 12.1 Å². The molecule has 0 amide bonds. The molecule has 0 fully saturated rings. The van der Waals surface area contributed by atoms with E-state index in [-0.39, 0.29) is 5.41 Å². The van der Waals surface area contributed by atoms with E-state index in [9.17, 15) is 0 Å². The van der Waals surface area contributed by atoms with Crippen LogP contribution in [0.3, 0.4) is 0 Å². The van der Waals surface area contributed by atoms with Crippen molar-refractivity contribution in [3.05, 3.63) is 40.9 Å². The number of rotatable bonds is 2. The van der Waals surface area contributed by atoms with Gasteiger partial charge in [0.2, 0.25) is 4.96 Å². The topological polar surface area (TPSA) is 56.2 Å². The molecule has 2 aromatic heterocycles. The first-order valence-electron chi connectivity index (χ1n) is 6.63. The number of hydrogen-bond donors (Lipinski definition) is 1. The molecule has 0 unspecified atom stereocenters. The average molecular weight is 286 g/mol. The van der Waals surface area contributed by atoms with E-state index in [4.69, 9.17) is 5.73 Å². The lowest BCUT2D eigenvalue weighted by atomic mass is 9.93. The zero-order chi connectivity index (χ0) is 14.3. The van der Waals surface area contributed by atoms with Crippen LogP contribution in [-0.4, -0.2) is 14.6 Å². The van der Waals surface area contributed by atoms with Gasteiger partial charge in [-0.3, -0.25) is 4.40 Å². The van der Waals surface area contributed by atoms with E-state index < -0.39 is 0 Å². The molecule has 0 saturated heterocycles. The minimum atomic E-state index is 0.0564. The number of nitrogens with zero attached hydrogens (tertiary/aromatic N) is 3. The third-order valence-electron chi connectivity index (χ3n) is 3.34. The highest BCUT2D eigenvalue weighted by molar-refractivity contribution is 7.15. The van der Waals surface area contributed by atoms with Crippen molar-refractivity contribution in [2.45, 2.75) is 32.7 Å². The lowest BCUT2D eigenvalue weighted by Gasteiger charge is -2.18. The van der Waals surface area contributed by atoms with Crippen LogP contribution in [0.25, 0.3) is 16.3 Å². The standard InChI is InChI=1S/C15H18N4S/c1-15(2,3)12-9-20-14-18-17-13(19(12)14)11-6-4-5-10(7-11)8-16/h4-7,9H,8,16H2,1-3H3. The highest BCUT2D eigenvalue weighted by atomic mass is 32.1. The van der Waals surface area contributed by atoms with Crippen LogP contribution in [0.5, 0.6) is 0 Å². The summed E-state index contributed by atoms with van der Waals surface area (Å²) in [7, 11) is 0. The molecule has 0 aliphatic heterocycles. The molecule has 5 heteroatoms. The van der Waals surface area contributed by atoms with E-state index >= 15 is 0 Å². The second kappa shape index (κ2) is 4.68. The van der Waals surface area contributed by atoms with E-state index in [0.29, 0.717) is 6.54 Å². The number of fused-ring (bicyclic) bond motifs is 1. The molecule has 0 atom stereocenters. The Balaban J connectivity index is 2.23. The van der Waals surface area contributed by atoms with Crippen LogP contribution in [0.4, 0.5) is 0 Å². The summed E-state index contributed by atoms with van der Waals surface area (Å²) in [5.74, 6) is 0.890. The lowest BCUT2D eigenvalue weighted by molar-refractivity contribution is 0.565. The quantitative estimate of drug-likeness (QED) is 0.787. The molecule has 3 aromatic rings. The van der Waals surface area contributed by atoms with Gasteiger partial charge < -0.3 is 5.73 Å². The van der Waals surface area contributed by atoms with Crippen LogP contribution in [0, 0.1) is 0 Å². The van der Waals surface area contributed by atoms with Crippen molar-refractivity contribution in [2.24, 2.45) is 5.73 Å². The number of aromatic nitrogens is 3. The van der Waals surface area contributed by atoms with Crippen LogP contribution in [0.15, 0.2) is 29.6 Å². The number of hydrogen-bond acceptors (Lipinski definition) is 4. The van der Waals surface area contributed by atoms with Gasteiger partial charge in [-0.05, 0) is 11.6 Å². The molecule has 3 rings (SSSR count). The predicted octanol–water partition coefficient (Wildman–Crippen LogP) is 3.21. The monoisotopic (exact) mass is 286 g/mol. The Kier molecular flexibility index (Phi) is 3.11. The van der Waals surface area contributed by atoms with Gasteiger partial charge in [0.25, 0.3) is 0 Å². The Morgan fingerprint density at radius 3 is 2.75 bits per heavy atom. The maximum absolute atomic E-state index is 5.72. The molecule has 0 radical (unpaired) electrons. The highest BCUT2D eigenvalue weighted by Gasteiger charge is 2.22. The Morgan fingerprint density at radius 2 is 2.05 bits per heavy atom. The van der Waals surface area contributed by atoms with Gasteiger partial charge in [0.1, 0.15) is 0 Å². The molecule has 2 N–H and O–H groups in total. The summed E-state index contributed by atoms with van der Waals surface area (Å²) in [6.07, 6.45) is 0. The second-order valence-electron chi connectivity index (χ2n) is 5.92. The lowest BCUT2D eigenvalue weighted by Crippen LogP contribution is -2.14. The molecular formula is C15H18N4S. The van der Waals surface area contributed by atoms with Crippen molar-refractivity contribution in [3.63, 3.8) is 0 Å². The van der Waals surface area contributed by atoms with Crippen molar-refractivity contribution in [3.8, 4) is 11.4 Å². The first-order valence-corrected chi connectivity index (χ1v) is 7.51. The van der Waals surface area contributed by atoms with Crippen LogP contribution < -0.4 is 5.73 Å². The molecule has 4 nitrogen and oxygen atoms in total. The molecule has 0 aliphatic carbocycles. The maximum atomic E-state index is 5.72. The molecule has 1 aromatic carbocycles. The largest absolute Gasteiger partial charge is 0.326 e. The van der Waals surface area contributed by atoms with E-state index in [1.165, 1.54) is 5.69 Å². The van der Waals surface area contributed by atoms with Gasteiger partial charge in [-0.1, -0.05) is 39.0 Å². The molecule has 0 spiro atoms. The van der Waals surface area contributed by atoms with Crippen molar-refractivity contribution in [2.75, 3.05) is 0 Å². The summed E-state index contributed by atoms with van der Waals surface area (Å²) in [6, 6.07) is 8.18. The van der Waals surface area contributed by atoms with Crippen LogP contribution in [0.2, 0.25) is 0 Å². The summed E-state index contributed by atoms with van der Waals surface area (Å²) < 4.78 is 2.15. The summed E-state index contributed by atoms with van der Waals surface area (Å²) in [6.45, 7) is 7.14. The second-order valence-corrected chi connectivity index (χ2v) is 6.75. The van der Waals surface area contributed by atoms with Gasteiger partial charge in [0, 0.05) is 28.6 Å². The summed E-state index contributed by atoms with van der Waals surface area (Å²) >= 11 is 1.63. The van der Waals surface area contributed by atoms with Crippen LogP contribution >= 0.6 is 11.3 Å². The fraction of sp³-hybridized carbons (Fsp3) is 0.333. The maximum Gasteiger partial charge on any atom is 0.216 e. The molecule has 104 valence electrons. The zero-order valence-corrected chi connectivity index (χ0v) is 12.7. The smallest absolute Gasteiger partial charge is 0.216 e. The average Bonchev–Trinajstić information content (AvgIpc) is 2.98. The van der Waals surface area contributed by atoms with E-state index in [1.54, 1.807) is 11.3 Å². The number of thiazole rings is 1. The van der Waals surface area contributed by atoms with Gasteiger partial charge in [0.15, 0.2) is 5.82 Å². The van der Waals surface area contributed by atoms with Gasteiger partial charge in [0.05, 0.1) is 0 Å². The summed E-state index contributed by atoms with van der Waals surface area (Å²) in [4.78, 5) is 0.933. The summed E-state index contributed by atoms with van der Waals surface area (Å²) in [5, 5.41) is 10.8. The minimum Gasteiger partial charge on any atom is -0.326 e. The number of benzene rings is 1. The highest BCUT2D eigenvalue weighted by Crippen LogP contribution is 2.31. The first kappa shape index (κ1) is 13.3. The van der Waals surface area contributed by atoms with Gasteiger partial charge in [-0.2, -0.15) is 0 Å². The predicted molar refractivity (Wildman–Crippen MR) is 82.9 cm³/mol. The molecular weight excluding hydrogens is 268 g/mol.